The van der Waals surface area contributed by atoms with E-state index in [0.29, 0.717) is 11.4 Å². The van der Waals surface area contributed by atoms with Crippen LogP contribution in [-0.4, -0.2) is 43.5 Å². The highest BCUT2D eigenvalue weighted by Gasteiger charge is 2.13. The fourth-order valence-corrected chi connectivity index (χ4v) is 2.66. The third kappa shape index (κ3) is 3.40. The number of H-pyrrole nitrogens is 1. The molecule has 21 heavy (non-hydrogen) atoms. The molecule has 0 saturated heterocycles. The molecule has 0 spiro atoms. The van der Waals surface area contributed by atoms with Crippen molar-refractivity contribution < 1.29 is 8.42 Å². The van der Waals surface area contributed by atoms with E-state index in [1.54, 1.807) is 33.2 Å². The summed E-state index contributed by atoms with van der Waals surface area (Å²) in [6, 6.07) is 7.49. The van der Waals surface area contributed by atoms with Crippen molar-refractivity contribution in [2.45, 2.75) is 11.8 Å². The van der Waals surface area contributed by atoms with Gasteiger partial charge in [0.05, 0.1) is 10.6 Å². The fourth-order valence-electron chi connectivity index (χ4n) is 1.71. The van der Waals surface area contributed by atoms with Crippen LogP contribution in [0.15, 0.2) is 44.4 Å². The molecule has 0 aliphatic rings. The first-order valence-electron chi connectivity index (χ1n) is 6.15. The maximum atomic E-state index is 12.1. The van der Waals surface area contributed by atoms with E-state index in [1.165, 1.54) is 34.1 Å². The molecule has 0 amide bonds. The molecule has 8 heteroatoms. The summed E-state index contributed by atoms with van der Waals surface area (Å²) in [4.78, 5) is 13.3. The number of sulfonamides is 1. The van der Waals surface area contributed by atoms with Crippen LogP contribution in [-0.2, 0) is 10.0 Å². The summed E-state index contributed by atoms with van der Waals surface area (Å²) in [5, 5.41) is 2.85. The highest BCUT2D eigenvalue weighted by atomic mass is 32.2. The molecule has 0 bridgehead atoms. The molecule has 2 aromatic rings. The van der Waals surface area contributed by atoms with E-state index in [1.807, 2.05) is 0 Å². The van der Waals surface area contributed by atoms with Crippen LogP contribution in [0.3, 0.4) is 0 Å². The van der Waals surface area contributed by atoms with Crippen molar-refractivity contribution in [2.75, 3.05) is 14.1 Å². The topological polar surface area (TPSA) is 87.5 Å². The smallest absolute Gasteiger partial charge is 0.283 e. The monoisotopic (exact) mass is 308 g/mol. The molecule has 7 nitrogen and oxygen atoms in total. The highest BCUT2D eigenvalue weighted by Crippen LogP contribution is 2.15. The van der Waals surface area contributed by atoms with Crippen molar-refractivity contribution in [2.24, 2.45) is 4.40 Å². The Balaban J connectivity index is 2.48. The first-order valence-corrected chi connectivity index (χ1v) is 7.59. The number of benzene rings is 1. The van der Waals surface area contributed by atoms with Gasteiger partial charge < -0.3 is 4.90 Å². The Morgan fingerprint density at radius 3 is 2.57 bits per heavy atom. The lowest BCUT2D eigenvalue weighted by Crippen LogP contribution is -2.14. The molecule has 0 radical (unpaired) electrons. The second kappa shape index (κ2) is 5.57. The minimum absolute atomic E-state index is 0.0252. The Kier molecular flexibility index (Phi) is 3.99. The van der Waals surface area contributed by atoms with Crippen molar-refractivity contribution >= 4 is 16.4 Å². The molecule has 0 unspecified atom stereocenters. The molecule has 1 aromatic carbocycles. The maximum absolute atomic E-state index is 12.1. The standard InChI is InChI=1S/C13H16N4O3S/c1-10-7-13(18)17(15-10)11-5-4-6-12(8-11)21(19,20)14-9-16(2)3/h4-9,15H,1-3H3/b14-9+. The molecular formula is C13H16N4O3S. The van der Waals surface area contributed by atoms with Crippen LogP contribution in [0.4, 0.5) is 0 Å². The van der Waals surface area contributed by atoms with Crippen LogP contribution in [0, 0.1) is 6.92 Å². The fraction of sp³-hybridized carbons (Fsp3) is 0.231. The third-order valence-electron chi connectivity index (χ3n) is 2.64. The molecule has 0 saturated carbocycles. The predicted octanol–water partition coefficient (Wildman–Crippen LogP) is 0.753. The zero-order valence-corrected chi connectivity index (χ0v) is 12.8. The van der Waals surface area contributed by atoms with E-state index in [0.717, 1.165) is 0 Å². The number of aryl methyl sites for hydroxylation is 1. The number of rotatable bonds is 4. The molecule has 0 aliphatic carbocycles. The largest absolute Gasteiger partial charge is 0.368 e. The van der Waals surface area contributed by atoms with Crippen LogP contribution in [0.5, 0.6) is 0 Å². The zero-order chi connectivity index (χ0) is 15.6. The van der Waals surface area contributed by atoms with Gasteiger partial charge in [-0.2, -0.15) is 8.42 Å². The Labute approximate surface area is 122 Å². The average Bonchev–Trinajstić information content (AvgIpc) is 2.76. The summed E-state index contributed by atoms with van der Waals surface area (Å²) < 4.78 is 29.0. The van der Waals surface area contributed by atoms with Gasteiger partial charge in [-0.3, -0.25) is 9.89 Å². The molecule has 1 N–H and O–H groups in total. The zero-order valence-electron chi connectivity index (χ0n) is 11.9. The number of aromatic nitrogens is 2. The summed E-state index contributed by atoms with van der Waals surface area (Å²) in [5.74, 6) is 0. The summed E-state index contributed by atoms with van der Waals surface area (Å²) in [6.07, 6.45) is 1.22. The van der Waals surface area contributed by atoms with Gasteiger partial charge in [-0.15, -0.1) is 4.40 Å². The Morgan fingerprint density at radius 1 is 1.29 bits per heavy atom. The molecule has 112 valence electrons. The average molecular weight is 308 g/mol. The number of hydrogen-bond donors (Lipinski definition) is 1. The van der Waals surface area contributed by atoms with Gasteiger partial charge in [0.15, 0.2) is 0 Å². The molecule has 1 aromatic heterocycles. The molecular weight excluding hydrogens is 292 g/mol. The van der Waals surface area contributed by atoms with Crippen LogP contribution in [0.1, 0.15) is 5.69 Å². The summed E-state index contributed by atoms with van der Waals surface area (Å²) in [6.45, 7) is 1.75. The highest BCUT2D eigenvalue weighted by molar-refractivity contribution is 7.90. The number of nitrogens with one attached hydrogen (secondary N) is 1. The molecule has 0 atom stereocenters. The second-order valence-corrected chi connectivity index (χ2v) is 6.40. The molecule has 1 heterocycles. The third-order valence-corrected chi connectivity index (χ3v) is 3.86. The molecule has 2 rings (SSSR count). The van der Waals surface area contributed by atoms with Crippen molar-refractivity contribution in [3.05, 3.63) is 46.4 Å². The van der Waals surface area contributed by atoms with Gasteiger partial charge >= 0.3 is 0 Å². The van der Waals surface area contributed by atoms with E-state index >= 15 is 0 Å². The van der Waals surface area contributed by atoms with Crippen LogP contribution >= 0.6 is 0 Å². The van der Waals surface area contributed by atoms with Gasteiger partial charge in [0.1, 0.15) is 6.34 Å². The maximum Gasteiger partial charge on any atom is 0.283 e. The lowest BCUT2D eigenvalue weighted by atomic mass is 10.3. The first kappa shape index (κ1) is 15.0. The van der Waals surface area contributed by atoms with E-state index in [4.69, 9.17) is 0 Å². The van der Waals surface area contributed by atoms with Gasteiger partial charge in [-0.1, -0.05) is 6.07 Å². The van der Waals surface area contributed by atoms with Crippen molar-refractivity contribution in [1.29, 1.82) is 0 Å². The van der Waals surface area contributed by atoms with E-state index in [2.05, 4.69) is 9.50 Å². The van der Waals surface area contributed by atoms with Crippen molar-refractivity contribution in [1.82, 2.24) is 14.7 Å². The summed E-state index contributed by atoms with van der Waals surface area (Å²) in [5.41, 5.74) is 0.881. The van der Waals surface area contributed by atoms with E-state index in [9.17, 15) is 13.2 Å². The SMILES string of the molecule is Cc1cc(=O)n(-c2cccc(S(=O)(=O)/N=C/N(C)C)c2)[nH]1. The predicted molar refractivity (Wildman–Crippen MR) is 80.5 cm³/mol. The molecule has 0 aliphatic heterocycles. The second-order valence-electron chi connectivity index (χ2n) is 4.77. The Morgan fingerprint density at radius 2 is 2.00 bits per heavy atom. The lowest BCUT2D eigenvalue weighted by molar-refractivity contribution is 0.594. The number of hydrogen-bond acceptors (Lipinski definition) is 3. The molecule has 0 fully saturated rings. The number of aromatic amines is 1. The minimum atomic E-state index is -3.79. The normalized spacial score (nSPS) is 12.0. The van der Waals surface area contributed by atoms with Gasteiger partial charge in [0, 0.05) is 25.9 Å². The number of nitrogens with zero attached hydrogens (tertiary/aromatic N) is 3. The van der Waals surface area contributed by atoms with Gasteiger partial charge in [-0.05, 0) is 25.1 Å². The minimum Gasteiger partial charge on any atom is -0.368 e. The van der Waals surface area contributed by atoms with Crippen LogP contribution in [0.25, 0.3) is 5.69 Å². The van der Waals surface area contributed by atoms with Crippen molar-refractivity contribution in [3.63, 3.8) is 0 Å². The van der Waals surface area contributed by atoms with Crippen LogP contribution in [0.2, 0.25) is 0 Å². The van der Waals surface area contributed by atoms with Crippen LogP contribution < -0.4 is 5.56 Å². The Bertz CT molecular complexity index is 831. The van der Waals surface area contributed by atoms with Gasteiger partial charge in [0.2, 0.25) is 0 Å². The van der Waals surface area contributed by atoms with E-state index < -0.39 is 10.0 Å². The summed E-state index contributed by atoms with van der Waals surface area (Å²) >= 11 is 0. The Hall–Kier alpha value is -2.35. The van der Waals surface area contributed by atoms with Gasteiger partial charge in [0.25, 0.3) is 15.6 Å². The lowest BCUT2D eigenvalue weighted by Gasteiger charge is -2.06. The van der Waals surface area contributed by atoms with Crippen molar-refractivity contribution in [3.8, 4) is 5.69 Å². The first-order chi connectivity index (χ1) is 9.79. The van der Waals surface area contributed by atoms with Gasteiger partial charge in [-0.25, -0.2) is 4.68 Å². The summed E-state index contributed by atoms with van der Waals surface area (Å²) in [7, 11) is -0.439. The quantitative estimate of drug-likeness (QED) is 0.667. The van der Waals surface area contributed by atoms with E-state index in [-0.39, 0.29) is 10.5 Å².